The van der Waals surface area contributed by atoms with Crippen molar-refractivity contribution in [3.05, 3.63) is 53.5 Å². The van der Waals surface area contributed by atoms with E-state index in [9.17, 15) is 9.18 Å². The van der Waals surface area contributed by atoms with Crippen molar-refractivity contribution in [2.45, 2.75) is 12.8 Å². The summed E-state index contributed by atoms with van der Waals surface area (Å²) in [4.78, 5) is 16.8. The van der Waals surface area contributed by atoms with Crippen LogP contribution in [0.2, 0.25) is 0 Å². The van der Waals surface area contributed by atoms with E-state index >= 15 is 0 Å². The third kappa shape index (κ3) is 2.01. The summed E-state index contributed by atoms with van der Waals surface area (Å²) in [5, 5.41) is 9.00. The molecule has 0 saturated carbocycles. The van der Waals surface area contributed by atoms with Gasteiger partial charge in [-0.25, -0.2) is 14.2 Å². The van der Waals surface area contributed by atoms with E-state index in [1.165, 1.54) is 12.3 Å². The van der Waals surface area contributed by atoms with E-state index < -0.39 is 11.8 Å². The van der Waals surface area contributed by atoms with Gasteiger partial charge in [-0.1, -0.05) is 18.2 Å². The summed E-state index contributed by atoms with van der Waals surface area (Å²) >= 11 is 0. The van der Waals surface area contributed by atoms with Gasteiger partial charge in [-0.05, 0) is 30.5 Å². The summed E-state index contributed by atoms with van der Waals surface area (Å²) in [6.45, 7) is 0.629. The maximum atomic E-state index is 14.3. The van der Waals surface area contributed by atoms with Gasteiger partial charge in [0.25, 0.3) is 0 Å². The number of para-hydroxylation sites is 1. The van der Waals surface area contributed by atoms with Crippen LogP contribution in [0.4, 0.5) is 15.9 Å². The van der Waals surface area contributed by atoms with Crippen LogP contribution in [0, 0.1) is 5.82 Å². The van der Waals surface area contributed by atoms with Crippen LogP contribution in [0.1, 0.15) is 22.3 Å². The number of hydrogen-bond acceptors (Lipinski definition) is 3. The van der Waals surface area contributed by atoms with Crippen molar-refractivity contribution in [1.82, 2.24) is 4.98 Å². The number of nitrogens with zero attached hydrogens (tertiary/aromatic N) is 2. The highest BCUT2D eigenvalue weighted by molar-refractivity contribution is 5.89. The quantitative estimate of drug-likeness (QED) is 0.913. The zero-order valence-electron chi connectivity index (χ0n) is 10.7. The number of anilines is 2. The lowest BCUT2D eigenvalue weighted by Gasteiger charge is -2.30. The second-order valence-corrected chi connectivity index (χ2v) is 4.69. The van der Waals surface area contributed by atoms with Gasteiger partial charge < -0.3 is 10.0 Å². The minimum atomic E-state index is -1.28. The molecule has 0 saturated heterocycles. The minimum Gasteiger partial charge on any atom is -0.478 e. The van der Waals surface area contributed by atoms with Gasteiger partial charge in [0, 0.05) is 18.4 Å². The largest absolute Gasteiger partial charge is 0.478 e. The Morgan fingerprint density at radius 2 is 2.10 bits per heavy atom. The van der Waals surface area contributed by atoms with E-state index in [-0.39, 0.29) is 11.4 Å². The first kappa shape index (κ1) is 12.6. The fraction of sp³-hybridized carbons (Fsp3) is 0.200. The zero-order valence-corrected chi connectivity index (χ0v) is 10.7. The number of aryl methyl sites for hydroxylation is 1. The van der Waals surface area contributed by atoms with Crippen LogP contribution in [0.3, 0.4) is 0 Å². The third-order valence-electron chi connectivity index (χ3n) is 3.47. The lowest BCUT2D eigenvalue weighted by Crippen LogP contribution is -2.26. The van der Waals surface area contributed by atoms with Gasteiger partial charge in [0.15, 0.2) is 11.6 Å². The second kappa shape index (κ2) is 4.92. The first-order valence-corrected chi connectivity index (χ1v) is 6.41. The molecule has 0 fully saturated rings. The fourth-order valence-electron chi connectivity index (χ4n) is 2.54. The van der Waals surface area contributed by atoms with Crippen molar-refractivity contribution >= 4 is 17.5 Å². The van der Waals surface area contributed by atoms with Crippen LogP contribution < -0.4 is 4.90 Å². The molecule has 0 atom stereocenters. The molecule has 2 heterocycles. The Kier molecular flexibility index (Phi) is 3.10. The van der Waals surface area contributed by atoms with Crippen LogP contribution in [-0.2, 0) is 6.42 Å². The van der Waals surface area contributed by atoms with E-state index in [0.29, 0.717) is 6.54 Å². The zero-order chi connectivity index (χ0) is 14.1. The minimum absolute atomic E-state index is 0.0806. The van der Waals surface area contributed by atoms with Gasteiger partial charge in [0.05, 0.1) is 0 Å². The number of rotatable bonds is 2. The highest BCUT2D eigenvalue weighted by Gasteiger charge is 2.24. The van der Waals surface area contributed by atoms with E-state index in [0.717, 1.165) is 24.1 Å². The standard InChI is InChI=1S/C15H13FN2O2/c16-13-11(15(19)20)7-8-17-14(13)18-9-3-5-10-4-1-2-6-12(10)18/h1-2,4,6-8H,3,5,9H2,(H,19,20). The molecule has 4 nitrogen and oxygen atoms in total. The van der Waals surface area contributed by atoms with Crippen LogP contribution in [0.15, 0.2) is 36.5 Å². The molecule has 0 radical (unpaired) electrons. The SMILES string of the molecule is O=C(O)c1ccnc(N2CCCc3ccccc32)c1F. The van der Waals surface area contributed by atoms with Crippen molar-refractivity contribution in [3.63, 3.8) is 0 Å². The predicted molar refractivity (Wildman–Crippen MR) is 72.9 cm³/mol. The Labute approximate surface area is 115 Å². The Hall–Kier alpha value is -2.43. The summed E-state index contributed by atoms with van der Waals surface area (Å²) in [5.41, 5.74) is 1.67. The van der Waals surface area contributed by atoms with Crippen molar-refractivity contribution in [1.29, 1.82) is 0 Å². The third-order valence-corrected chi connectivity index (χ3v) is 3.47. The maximum absolute atomic E-state index is 14.3. The predicted octanol–water partition coefficient (Wildman–Crippen LogP) is 3.00. The number of hydrogen-bond donors (Lipinski definition) is 1. The average Bonchev–Trinajstić information content (AvgIpc) is 2.47. The van der Waals surface area contributed by atoms with E-state index in [2.05, 4.69) is 4.98 Å². The van der Waals surface area contributed by atoms with E-state index in [1.807, 2.05) is 24.3 Å². The van der Waals surface area contributed by atoms with Gasteiger partial charge in [0.2, 0.25) is 0 Å². The molecule has 1 aliphatic rings. The lowest BCUT2D eigenvalue weighted by molar-refractivity contribution is 0.0692. The summed E-state index contributed by atoms with van der Waals surface area (Å²) in [6, 6.07) is 8.91. The van der Waals surface area contributed by atoms with Gasteiger partial charge in [-0.3, -0.25) is 0 Å². The van der Waals surface area contributed by atoms with Crippen molar-refractivity contribution in [3.8, 4) is 0 Å². The van der Waals surface area contributed by atoms with Gasteiger partial charge in [-0.15, -0.1) is 0 Å². The van der Waals surface area contributed by atoms with Gasteiger partial charge >= 0.3 is 5.97 Å². The second-order valence-electron chi connectivity index (χ2n) is 4.69. The maximum Gasteiger partial charge on any atom is 0.338 e. The molecule has 0 spiro atoms. The number of aromatic nitrogens is 1. The summed E-state index contributed by atoms with van der Waals surface area (Å²) in [6.07, 6.45) is 3.15. The Morgan fingerprint density at radius 3 is 2.90 bits per heavy atom. The van der Waals surface area contributed by atoms with Crippen LogP contribution in [-0.4, -0.2) is 22.6 Å². The summed E-state index contributed by atoms with van der Waals surface area (Å²) in [7, 11) is 0. The number of carbonyl (C=O) groups is 1. The van der Waals surface area contributed by atoms with Gasteiger partial charge in [0.1, 0.15) is 5.56 Å². The molecule has 1 N–H and O–H groups in total. The molecule has 1 aromatic heterocycles. The Morgan fingerprint density at radius 1 is 1.30 bits per heavy atom. The monoisotopic (exact) mass is 272 g/mol. The molecule has 102 valence electrons. The number of halogens is 1. The van der Waals surface area contributed by atoms with Crippen molar-refractivity contribution in [2.24, 2.45) is 0 Å². The molecule has 1 aromatic carbocycles. The average molecular weight is 272 g/mol. The first-order chi connectivity index (χ1) is 9.68. The number of pyridine rings is 1. The molecule has 20 heavy (non-hydrogen) atoms. The molecular formula is C15H13FN2O2. The molecule has 5 heteroatoms. The number of benzene rings is 1. The van der Waals surface area contributed by atoms with Crippen molar-refractivity contribution < 1.29 is 14.3 Å². The Balaban J connectivity index is 2.11. The van der Waals surface area contributed by atoms with Crippen molar-refractivity contribution in [2.75, 3.05) is 11.4 Å². The fourth-order valence-corrected chi connectivity index (χ4v) is 2.54. The summed E-state index contributed by atoms with van der Waals surface area (Å²) in [5.74, 6) is -1.98. The highest BCUT2D eigenvalue weighted by atomic mass is 19.1. The lowest BCUT2D eigenvalue weighted by atomic mass is 10.0. The summed E-state index contributed by atoms with van der Waals surface area (Å²) < 4.78 is 14.3. The Bertz CT molecular complexity index is 673. The first-order valence-electron chi connectivity index (χ1n) is 6.41. The van der Waals surface area contributed by atoms with Crippen LogP contribution >= 0.6 is 0 Å². The number of carboxylic acids is 1. The number of carboxylic acid groups (broad SMARTS) is 1. The highest BCUT2D eigenvalue weighted by Crippen LogP contribution is 2.34. The van der Waals surface area contributed by atoms with Crippen LogP contribution in [0.25, 0.3) is 0 Å². The smallest absolute Gasteiger partial charge is 0.338 e. The molecule has 0 unspecified atom stereocenters. The molecule has 3 rings (SSSR count). The van der Waals surface area contributed by atoms with E-state index in [1.54, 1.807) is 4.90 Å². The number of fused-ring (bicyclic) bond motifs is 1. The molecular weight excluding hydrogens is 259 g/mol. The molecule has 0 bridgehead atoms. The molecule has 0 aliphatic carbocycles. The van der Waals surface area contributed by atoms with E-state index in [4.69, 9.17) is 5.11 Å². The molecule has 1 aliphatic heterocycles. The molecule has 2 aromatic rings. The number of aromatic carboxylic acids is 1. The van der Waals surface area contributed by atoms with Gasteiger partial charge in [-0.2, -0.15) is 0 Å². The van der Waals surface area contributed by atoms with Crippen LogP contribution in [0.5, 0.6) is 0 Å². The molecule has 0 amide bonds. The normalized spacial score (nSPS) is 13.9. The topological polar surface area (TPSA) is 53.4 Å².